The number of nitrogens with zero attached hydrogens (tertiary/aromatic N) is 4. The summed E-state index contributed by atoms with van der Waals surface area (Å²) >= 11 is 5.17. The molecule has 1 fully saturated rings. The van der Waals surface area contributed by atoms with Crippen LogP contribution in [-0.4, -0.2) is 32.8 Å². The van der Waals surface area contributed by atoms with Crippen molar-refractivity contribution in [2.45, 2.75) is 19.4 Å². The van der Waals surface area contributed by atoms with Crippen LogP contribution in [0.25, 0.3) is 32.7 Å². The van der Waals surface area contributed by atoms with Crippen molar-refractivity contribution < 1.29 is 0 Å². The first-order chi connectivity index (χ1) is 13.7. The van der Waals surface area contributed by atoms with Gasteiger partial charge in [-0.05, 0) is 59.9 Å². The molecule has 28 heavy (non-hydrogen) atoms. The van der Waals surface area contributed by atoms with Crippen LogP contribution in [0.15, 0.2) is 52.7 Å². The number of halogens is 1. The van der Waals surface area contributed by atoms with Crippen molar-refractivity contribution in [3.63, 3.8) is 0 Å². The Kier molecular flexibility index (Phi) is 4.96. The predicted molar refractivity (Wildman–Crippen MR) is 117 cm³/mol. The zero-order valence-corrected chi connectivity index (χ0v) is 17.7. The van der Waals surface area contributed by atoms with Gasteiger partial charge in [0, 0.05) is 33.5 Å². The van der Waals surface area contributed by atoms with E-state index in [1.54, 1.807) is 11.3 Å². The molecule has 0 atom stereocenters. The fourth-order valence-corrected chi connectivity index (χ4v) is 5.10. The lowest BCUT2D eigenvalue weighted by atomic mass is 9.98. The van der Waals surface area contributed by atoms with Gasteiger partial charge in [0.2, 0.25) is 0 Å². The summed E-state index contributed by atoms with van der Waals surface area (Å²) in [6.45, 7) is 3.23. The third-order valence-electron chi connectivity index (χ3n) is 5.21. The number of piperidine rings is 1. The van der Waals surface area contributed by atoms with Gasteiger partial charge in [-0.3, -0.25) is 9.67 Å². The normalized spacial score (nSPS) is 15.3. The SMILES string of the molecule is Brc1csc(-c2cncc(-c3ccc4cn(CC5CCNCC5)nc4c3)n2)c1. The van der Waals surface area contributed by atoms with Crippen molar-refractivity contribution >= 4 is 38.2 Å². The van der Waals surface area contributed by atoms with Crippen LogP contribution >= 0.6 is 27.3 Å². The van der Waals surface area contributed by atoms with Crippen LogP contribution in [0.3, 0.4) is 0 Å². The van der Waals surface area contributed by atoms with Gasteiger partial charge in [0.25, 0.3) is 0 Å². The minimum Gasteiger partial charge on any atom is -0.317 e. The smallest absolute Gasteiger partial charge is 0.0992 e. The van der Waals surface area contributed by atoms with Crippen molar-refractivity contribution in [1.82, 2.24) is 25.1 Å². The summed E-state index contributed by atoms with van der Waals surface area (Å²) < 4.78 is 3.18. The van der Waals surface area contributed by atoms with Gasteiger partial charge in [-0.1, -0.05) is 12.1 Å². The molecule has 4 heterocycles. The van der Waals surface area contributed by atoms with Crippen molar-refractivity contribution in [2.24, 2.45) is 5.92 Å². The van der Waals surface area contributed by atoms with E-state index in [1.807, 2.05) is 12.4 Å². The standard InChI is InChI=1S/C21H20BrN5S/c22-17-8-21(28-13-17)20-10-24-9-19(25-20)15-1-2-16-12-27(26-18(16)7-15)11-14-3-5-23-6-4-14/h1-2,7-10,12-14,23H,3-6,11H2. The molecule has 1 N–H and O–H groups in total. The molecular weight excluding hydrogens is 434 g/mol. The second kappa shape index (κ2) is 7.73. The molecule has 7 heteroatoms. The van der Waals surface area contributed by atoms with Crippen molar-refractivity contribution in [3.8, 4) is 21.8 Å². The van der Waals surface area contributed by atoms with Gasteiger partial charge in [0.05, 0.1) is 34.2 Å². The Morgan fingerprint density at radius 1 is 1.14 bits per heavy atom. The van der Waals surface area contributed by atoms with Gasteiger partial charge in [-0.25, -0.2) is 4.98 Å². The molecule has 0 saturated carbocycles. The van der Waals surface area contributed by atoms with Crippen LogP contribution < -0.4 is 5.32 Å². The van der Waals surface area contributed by atoms with Gasteiger partial charge < -0.3 is 5.32 Å². The quantitative estimate of drug-likeness (QED) is 0.473. The Balaban J connectivity index is 1.43. The first-order valence-corrected chi connectivity index (χ1v) is 11.2. The Hall–Kier alpha value is -2.09. The lowest BCUT2D eigenvalue weighted by Crippen LogP contribution is -2.29. The van der Waals surface area contributed by atoms with E-state index in [0.29, 0.717) is 5.92 Å². The molecule has 5 nitrogen and oxygen atoms in total. The Morgan fingerprint density at radius 2 is 2.00 bits per heavy atom. The molecule has 142 valence electrons. The summed E-state index contributed by atoms with van der Waals surface area (Å²) in [4.78, 5) is 10.3. The fourth-order valence-electron chi connectivity index (χ4n) is 3.72. The molecule has 5 rings (SSSR count). The van der Waals surface area contributed by atoms with E-state index < -0.39 is 0 Å². The fraction of sp³-hybridized carbons (Fsp3) is 0.286. The average Bonchev–Trinajstić information content (AvgIpc) is 3.34. The van der Waals surface area contributed by atoms with Crippen LogP contribution in [0, 0.1) is 5.92 Å². The molecule has 0 amide bonds. The molecule has 0 unspecified atom stereocenters. The number of benzene rings is 1. The van der Waals surface area contributed by atoms with Crippen LogP contribution in [0.5, 0.6) is 0 Å². The lowest BCUT2D eigenvalue weighted by Gasteiger charge is -2.22. The van der Waals surface area contributed by atoms with Gasteiger partial charge in [-0.15, -0.1) is 11.3 Å². The van der Waals surface area contributed by atoms with E-state index in [2.05, 4.69) is 66.8 Å². The van der Waals surface area contributed by atoms with Crippen molar-refractivity contribution in [1.29, 1.82) is 0 Å². The summed E-state index contributed by atoms with van der Waals surface area (Å²) in [5.74, 6) is 0.711. The highest BCUT2D eigenvalue weighted by atomic mass is 79.9. The maximum atomic E-state index is 4.82. The third-order valence-corrected chi connectivity index (χ3v) is 6.92. The molecular formula is C21H20BrN5S. The van der Waals surface area contributed by atoms with E-state index >= 15 is 0 Å². The molecule has 0 aliphatic carbocycles. The number of fused-ring (bicyclic) bond motifs is 1. The average molecular weight is 454 g/mol. The molecule has 4 aromatic rings. The number of aromatic nitrogens is 4. The van der Waals surface area contributed by atoms with Crippen LogP contribution in [0.2, 0.25) is 0 Å². The highest BCUT2D eigenvalue weighted by molar-refractivity contribution is 9.10. The predicted octanol–water partition coefficient (Wildman–Crippen LogP) is 4.98. The van der Waals surface area contributed by atoms with Gasteiger partial charge in [0.15, 0.2) is 0 Å². The van der Waals surface area contributed by atoms with Crippen molar-refractivity contribution in [2.75, 3.05) is 13.1 Å². The Morgan fingerprint density at radius 3 is 2.82 bits per heavy atom. The summed E-state index contributed by atoms with van der Waals surface area (Å²) in [6.07, 6.45) is 8.24. The lowest BCUT2D eigenvalue weighted by molar-refractivity contribution is 0.322. The topological polar surface area (TPSA) is 55.6 Å². The van der Waals surface area contributed by atoms with Gasteiger partial charge in [-0.2, -0.15) is 5.10 Å². The molecule has 0 bridgehead atoms. The third kappa shape index (κ3) is 3.74. The summed E-state index contributed by atoms with van der Waals surface area (Å²) in [5.41, 5.74) is 3.82. The minimum atomic E-state index is 0.711. The molecule has 1 aromatic carbocycles. The van der Waals surface area contributed by atoms with E-state index in [0.717, 1.165) is 51.5 Å². The van der Waals surface area contributed by atoms with Crippen LogP contribution in [-0.2, 0) is 6.54 Å². The number of rotatable bonds is 4. The zero-order valence-electron chi connectivity index (χ0n) is 15.3. The monoisotopic (exact) mass is 453 g/mol. The van der Waals surface area contributed by atoms with Crippen LogP contribution in [0.4, 0.5) is 0 Å². The minimum absolute atomic E-state index is 0.711. The molecule has 1 aliphatic rings. The summed E-state index contributed by atoms with van der Waals surface area (Å²) in [7, 11) is 0. The zero-order chi connectivity index (χ0) is 18.9. The van der Waals surface area contributed by atoms with E-state index in [4.69, 9.17) is 10.1 Å². The first-order valence-electron chi connectivity index (χ1n) is 9.49. The maximum absolute atomic E-state index is 4.82. The van der Waals surface area contributed by atoms with Crippen LogP contribution in [0.1, 0.15) is 12.8 Å². The Labute approximate surface area is 176 Å². The maximum Gasteiger partial charge on any atom is 0.0992 e. The second-order valence-corrected chi connectivity index (χ2v) is 9.06. The largest absolute Gasteiger partial charge is 0.317 e. The number of thiophene rings is 1. The number of nitrogens with one attached hydrogen (secondary N) is 1. The molecule has 1 aliphatic heterocycles. The highest BCUT2D eigenvalue weighted by Gasteiger charge is 2.15. The van der Waals surface area contributed by atoms with Gasteiger partial charge in [0.1, 0.15) is 0 Å². The number of hydrogen-bond donors (Lipinski definition) is 1. The van der Waals surface area contributed by atoms with Crippen molar-refractivity contribution in [3.05, 3.63) is 52.7 Å². The summed E-state index contributed by atoms with van der Waals surface area (Å²) in [5, 5.41) is 11.5. The van der Waals surface area contributed by atoms with E-state index in [1.165, 1.54) is 18.2 Å². The molecule has 3 aromatic heterocycles. The van der Waals surface area contributed by atoms with E-state index in [-0.39, 0.29) is 0 Å². The second-order valence-electron chi connectivity index (χ2n) is 7.24. The molecule has 0 radical (unpaired) electrons. The summed E-state index contributed by atoms with van der Waals surface area (Å²) in [6, 6.07) is 8.43. The Bertz CT molecular complexity index is 1110. The molecule has 1 saturated heterocycles. The first kappa shape index (κ1) is 18.0. The van der Waals surface area contributed by atoms with E-state index in [9.17, 15) is 0 Å². The molecule has 0 spiro atoms. The number of hydrogen-bond acceptors (Lipinski definition) is 5. The van der Waals surface area contributed by atoms with Gasteiger partial charge >= 0.3 is 0 Å². The highest BCUT2D eigenvalue weighted by Crippen LogP contribution is 2.30.